The van der Waals surface area contributed by atoms with Crippen molar-refractivity contribution in [2.75, 3.05) is 17.7 Å². The SMILES string of the molecule is COc1ccccc1/C=C(/NC(=O)c1ccccc1)C(=O)Nc1cccc(SC(C)C(=O)Nc2ccccc2F)c1. The number of ether oxygens (including phenoxy) is 1. The van der Waals surface area contributed by atoms with E-state index in [1.54, 1.807) is 104 Å². The molecule has 208 valence electrons. The molecule has 0 radical (unpaired) electrons. The van der Waals surface area contributed by atoms with E-state index < -0.39 is 22.9 Å². The first kappa shape index (κ1) is 29.1. The minimum Gasteiger partial charge on any atom is -0.496 e. The molecule has 0 bridgehead atoms. The van der Waals surface area contributed by atoms with Gasteiger partial charge < -0.3 is 20.7 Å². The van der Waals surface area contributed by atoms with Gasteiger partial charge in [-0.25, -0.2) is 4.39 Å². The van der Waals surface area contributed by atoms with Crippen molar-refractivity contribution < 1.29 is 23.5 Å². The van der Waals surface area contributed by atoms with Gasteiger partial charge >= 0.3 is 0 Å². The van der Waals surface area contributed by atoms with E-state index >= 15 is 0 Å². The summed E-state index contributed by atoms with van der Waals surface area (Å²) in [5.74, 6) is -1.33. The van der Waals surface area contributed by atoms with Gasteiger partial charge in [0.05, 0.1) is 18.0 Å². The van der Waals surface area contributed by atoms with Crippen LogP contribution in [0.4, 0.5) is 15.8 Å². The average Bonchev–Trinajstić information content (AvgIpc) is 2.98. The highest BCUT2D eigenvalue weighted by atomic mass is 32.2. The molecule has 1 atom stereocenters. The summed E-state index contributed by atoms with van der Waals surface area (Å²) in [6.07, 6.45) is 1.54. The Kier molecular flexibility index (Phi) is 9.90. The second-order valence-electron chi connectivity index (χ2n) is 8.83. The van der Waals surface area contributed by atoms with Crippen LogP contribution in [0.5, 0.6) is 5.75 Å². The Balaban J connectivity index is 1.51. The summed E-state index contributed by atoms with van der Waals surface area (Å²) in [5.41, 5.74) is 1.58. The number of thioether (sulfide) groups is 1. The topological polar surface area (TPSA) is 96.5 Å². The van der Waals surface area contributed by atoms with Gasteiger partial charge in [-0.3, -0.25) is 14.4 Å². The van der Waals surface area contributed by atoms with Crippen LogP contribution in [0.3, 0.4) is 0 Å². The summed E-state index contributed by atoms with van der Waals surface area (Å²) >= 11 is 1.26. The molecule has 4 aromatic carbocycles. The molecule has 4 aromatic rings. The molecule has 0 fully saturated rings. The molecule has 41 heavy (non-hydrogen) atoms. The molecule has 1 unspecified atom stereocenters. The van der Waals surface area contributed by atoms with Crippen LogP contribution in [0.25, 0.3) is 6.08 Å². The smallest absolute Gasteiger partial charge is 0.272 e. The molecule has 0 aromatic heterocycles. The first-order valence-corrected chi connectivity index (χ1v) is 13.6. The highest BCUT2D eigenvalue weighted by molar-refractivity contribution is 8.00. The highest BCUT2D eigenvalue weighted by Crippen LogP contribution is 2.27. The second kappa shape index (κ2) is 14.0. The number of halogens is 1. The lowest BCUT2D eigenvalue weighted by atomic mass is 10.1. The number of anilines is 2. The van der Waals surface area contributed by atoms with E-state index in [1.807, 2.05) is 0 Å². The van der Waals surface area contributed by atoms with Crippen molar-refractivity contribution in [3.8, 4) is 5.75 Å². The minimum atomic E-state index is -0.549. The monoisotopic (exact) mass is 569 g/mol. The van der Waals surface area contributed by atoms with E-state index in [9.17, 15) is 18.8 Å². The Morgan fingerprint density at radius 2 is 1.56 bits per heavy atom. The molecule has 4 rings (SSSR count). The van der Waals surface area contributed by atoms with Crippen LogP contribution in [0.15, 0.2) is 114 Å². The molecular weight excluding hydrogens is 541 g/mol. The van der Waals surface area contributed by atoms with Crippen LogP contribution in [0, 0.1) is 5.82 Å². The van der Waals surface area contributed by atoms with Crippen LogP contribution in [0.1, 0.15) is 22.8 Å². The van der Waals surface area contributed by atoms with Crippen molar-refractivity contribution in [2.24, 2.45) is 0 Å². The van der Waals surface area contributed by atoms with Crippen LogP contribution in [0.2, 0.25) is 0 Å². The number of rotatable bonds is 10. The van der Waals surface area contributed by atoms with Crippen molar-refractivity contribution in [3.05, 3.63) is 126 Å². The van der Waals surface area contributed by atoms with Gasteiger partial charge in [-0.15, -0.1) is 11.8 Å². The fourth-order valence-corrected chi connectivity index (χ4v) is 4.71. The quantitative estimate of drug-likeness (QED) is 0.153. The zero-order valence-electron chi connectivity index (χ0n) is 22.4. The molecule has 0 aliphatic carbocycles. The first-order chi connectivity index (χ1) is 19.8. The summed E-state index contributed by atoms with van der Waals surface area (Å²) in [6, 6.07) is 28.6. The molecule has 0 aliphatic rings. The lowest BCUT2D eigenvalue weighted by Crippen LogP contribution is -2.30. The number of methoxy groups -OCH3 is 1. The highest BCUT2D eigenvalue weighted by Gasteiger charge is 2.18. The summed E-state index contributed by atoms with van der Waals surface area (Å²) in [6.45, 7) is 1.71. The zero-order valence-corrected chi connectivity index (χ0v) is 23.2. The Bertz CT molecular complexity index is 1580. The number of carbonyl (C=O) groups excluding carboxylic acids is 3. The van der Waals surface area contributed by atoms with Gasteiger partial charge in [-0.1, -0.05) is 54.6 Å². The van der Waals surface area contributed by atoms with E-state index in [-0.39, 0.29) is 17.3 Å². The predicted molar refractivity (Wildman–Crippen MR) is 160 cm³/mol. The summed E-state index contributed by atoms with van der Waals surface area (Å²) in [7, 11) is 1.52. The van der Waals surface area contributed by atoms with E-state index in [1.165, 1.54) is 31.0 Å². The average molecular weight is 570 g/mol. The van der Waals surface area contributed by atoms with E-state index in [2.05, 4.69) is 16.0 Å². The molecule has 3 amide bonds. The van der Waals surface area contributed by atoms with E-state index in [0.717, 1.165) is 0 Å². The molecule has 0 saturated carbocycles. The Labute approximate surface area is 241 Å². The van der Waals surface area contributed by atoms with E-state index in [4.69, 9.17) is 4.74 Å². The Hall–Kier alpha value is -4.89. The second-order valence-corrected chi connectivity index (χ2v) is 10.2. The van der Waals surface area contributed by atoms with Gasteiger partial charge in [0.25, 0.3) is 11.8 Å². The van der Waals surface area contributed by atoms with Crippen LogP contribution >= 0.6 is 11.8 Å². The number of para-hydroxylation sites is 2. The molecule has 3 N–H and O–H groups in total. The normalized spacial score (nSPS) is 11.7. The lowest BCUT2D eigenvalue weighted by molar-refractivity contribution is -0.115. The first-order valence-electron chi connectivity index (χ1n) is 12.7. The number of hydrogen-bond acceptors (Lipinski definition) is 5. The van der Waals surface area contributed by atoms with E-state index in [0.29, 0.717) is 27.5 Å². The molecular formula is C32H28FN3O4S. The van der Waals surface area contributed by atoms with Crippen molar-refractivity contribution in [3.63, 3.8) is 0 Å². The van der Waals surface area contributed by atoms with Crippen molar-refractivity contribution in [2.45, 2.75) is 17.1 Å². The van der Waals surface area contributed by atoms with Gasteiger partial charge in [0.2, 0.25) is 5.91 Å². The molecule has 0 spiro atoms. The van der Waals surface area contributed by atoms with Gasteiger partial charge in [0.15, 0.2) is 0 Å². The standard InChI is InChI=1S/C32H28FN3O4S/c1-21(30(37)35-27-17-8-7-16-26(27)33)41-25-15-10-14-24(20-25)34-32(39)28(19-23-13-6-9-18-29(23)40-2)36-31(38)22-11-4-3-5-12-22/h3-21H,1-2H3,(H,34,39)(H,35,37)(H,36,38)/b28-19+. The number of carbonyl (C=O) groups is 3. The third-order valence-electron chi connectivity index (χ3n) is 5.87. The fraction of sp³-hybridized carbons (Fsp3) is 0.0938. The third kappa shape index (κ3) is 8.06. The summed E-state index contributed by atoms with van der Waals surface area (Å²) in [4.78, 5) is 39.7. The molecule has 9 heteroatoms. The van der Waals surface area contributed by atoms with Crippen molar-refractivity contribution >= 4 is 46.9 Å². The Morgan fingerprint density at radius 3 is 2.32 bits per heavy atom. The summed E-state index contributed by atoms with van der Waals surface area (Å²) in [5, 5.41) is 7.57. The maximum atomic E-state index is 13.9. The molecule has 0 saturated heterocycles. The summed E-state index contributed by atoms with van der Waals surface area (Å²) < 4.78 is 19.3. The number of benzene rings is 4. The number of hydrogen-bond donors (Lipinski definition) is 3. The predicted octanol–water partition coefficient (Wildman–Crippen LogP) is 6.36. The Morgan fingerprint density at radius 1 is 0.854 bits per heavy atom. The largest absolute Gasteiger partial charge is 0.496 e. The molecule has 7 nitrogen and oxygen atoms in total. The van der Waals surface area contributed by atoms with Gasteiger partial charge in [0.1, 0.15) is 17.3 Å². The molecule has 0 aliphatic heterocycles. The fourth-order valence-electron chi connectivity index (χ4n) is 3.78. The van der Waals surface area contributed by atoms with Crippen molar-refractivity contribution in [1.29, 1.82) is 0 Å². The third-order valence-corrected chi connectivity index (χ3v) is 6.97. The minimum absolute atomic E-state index is 0.0130. The van der Waals surface area contributed by atoms with Gasteiger partial charge in [0, 0.05) is 21.7 Å². The van der Waals surface area contributed by atoms with Gasteiger partial charge in [-0.2, -0.15) is 0 Å². The zero-order chi connectivity index (χ0) is 29.2. The number of amides is 3. The van der Waals surface area contributed by atoms with Gasteiger partial charge in [-0.05, 0) is 61.5 Å². The van der Waals surface area contributed by atoms with Crippen LogP contribution in [-0.2, 0) is 9.59 Å². The lowest BCUT2D eigenvalue weighted by Gasteiger charge is -2.14. The maximum absolute atomic E-state index is 13.9. The van der Waals surface area contributed by atoms with Crippen LogP contribution in [-0.4, -0.2) is 30.1 Å². The van der Waals surface area contributed by atoms with Crippen LogP contribution < -0.4 is 20.7 Å². The maximum Gasteiger partial charge on any atom is 0.272 e. The molecule has 0 heterocycles. The van der Waals surface area contributed by atoms with Crippen molar-refractivity contribution in [1.82, 2.24) is 5.32 Å². The number of nitrogens with one attached hydrogen (secondary N) is 3.